The quantitative estimate of drug-likeness (QED) is 0.303. The SMILES string of the molecule is C=CC=C(C)[C@H](C)C(C=C)C(C=C(CC)C(=C)CC)CC. The third-order valence-electron chi connectivity index (χ3n) is 4.59. The van der Waals surface area contributed by atoms with Gasteiger partial charge in [0, 0.05) is 0 Å². The third kappa shape index (κ3) is 5.91. The summed E-state index contributed by atoms with van der Waals surface area (Å²) in [4.78, 5) is 0. The fourth-order valence-corrected chi connectivity index (χ4v) is 2.86. The Bertz CT molecular complexity index is 406. The van der Waals surface area contributed by atoms with E-state index in [1.807, 2.05) is 6.08 Å². The summed E-state index contributed by atoms with van der Waals surface area (Å²) in [5.74, 6) is 1.45. The lowest BCUT2D eigenvalue weighted by Crippen LogP contribution is -2.19. The second-order valence-corrected chi connectivity index (χ2v) is 5.82. The highest BCUT2D eigenvalue weighted by Gasteiger charge is 2.23. The van der Waals surface area contributed by atoms with Crippen LogP contribution in [0.25, 0.3) is 0 Å². The molecule has 0 saturated heterocycles. The minimum atomic E-state index is 0.456. The van der Waals surface area contributed by atoms with Crippen LogP contribution in [0.3, 0.4) is 0 Å². The second kappa shape index (κ2) is 10.4. The topological polar surface area (TPSA) is 0 Å². The van der Waals surface area contributed by atoms with Crippen molar-refractivity contribution in [3.8, 4) is 0 Å². The molecule has 0 rings (SSSR count). The monoisotopic (exact) mass is 286 g/mol. The van der Waals surface area contributed by atoms with Crippen molar-refractivity contribution in [3.05, 3.63) is 60.8 Å². The molecular weight excluding hydrogens is 252 g/mol. The van der Waals surface area contributed by atoms with Crippen molar-refractivity contribution in [1.82, 2.24) is 0 Å². The Kier molecular flexibility index (Phi) is 9.78. The van der Waals surface area contributed by atoms with Crippen molar-refractivity contribution in [3.63, 3.8) is 0 Å². The zero-order valence-corrected chi connectivity index (χ0v) is 14.8. The summed E-state index contributed by atoms with van der Waals surface area (Å²) in [6.45, 7) is 23.2. The first kappa shape index (κ1) is 19.7. The molecule has 118 valence electrons. The van der Waals surface area contributed by atoms with Crippen LogP contribution < -0.4 is 0 Å². The Hall–Kier alpha value is -1.30. The van der Waals surface area contributed by atoms with Crippen LogP contribution in [-0.4, -0.2) is 0 Å². The average Bonchev–Trinajstić information content (AvgIpc) is 2.50. The van der Waals surface area contributed by atoms with Gasteiger partial charge in [0.2, 0.25) is 0 Å². The van der Waals surface area contributed by atoms with E-state index in [1.165, 1.54) is 16.7 Å². The van der Waals surface area contributed by atoms with E-state index in [-0.39, 0.29) is 0 Å². The lowest BCUT2D eigenvalue weighted by atomic mass is 9.76. The van der Waals surface area contributed by atoms with Crippen molar-refractivity contribution in [2.75, 3.05) is 0 Å². The molecule has 0 nitrogen and oxygen atoms in total. The Labute approximate surface area is 133 Å². The van der Waals surface area contributed by atoms with Crippen LogP contribution >= 0.6 is 0 Å². The number of hydrogen-bond acceptors (Lipinski definition) is 0. The molecule has 0 N–H and O–H groups in total. The molecule has 0 saturated carbocycles. The largest absolute Gasteiger partial charge is 0.103 e. The Balaban J connectivity index is 5.42. The Morgan fingerprint density at radius 3 is 2.10 bits per heavy atom. The van der Waals surface area contributed by atoms with Gasteiger partial charge in [0.15, 0.2) is 0 Å². The summed E-state index contributed by atoms with van der Waals surface area (Å²) in [6, 6.07) is 0. The summed E-state index contributed by atoms with van der Waals surface area (Å²) in [6.07, 6.45) is 11.8. The van der Waals surface area contributed by atoms with Gasteiger partial charge >= 0.3 is 0 Å². The lowest BCUT2D eigenvalue weighted by molar-refractivity contribution is 0.370. The Morgan fingerprint density at radius 2 is 1.71 bits per heavy atom. The first-order valence-corrected chi connectivity index (χ1v) is 8.27. The standard InChI is InChI=1S/C21H34/c1-9-14-17(7)18(8)21(13-5)20(12-4)15-19(11-3)16(6)10-2/h9,13-15,18,20-21H,1,5-6,10-12H2,2-4,7-8H3/t18-,20?,21?/m0/s1. The number of hydrogen-bond donors (Lipinski definition) is 0. The summed E-state index contributed by atoms with van der Waals surface area (Å²) in [7, 11) is 0. The van der Waals surface area contributed by atoms with Crippen molar-refractivity contribution in [1.29, 1.82) is 0 Å². The van der Waals surface area contributed by atoms with Gasteiger partial charge in [-0.1, -0.05) is 76.3 Å². The molecule has 0 fully saturated rings. The van der Waals surface area contributed by atoms with E-state index in [1.54, 1.807) is 0 Å². The van der Waals surface area contributed by atoms with Crippen LogP contribution in [0.2, 0.25) is 0 Å². The van der Waals surface area contributed by atoms with Crippen LogP contribution in [-0.2, 0) is 0 Å². The second-order valence-electron chi connectivity index (χ2n) is 5.82. The van der Waals surface area contributed by atoms with E-state index in [0.29, 0.717) is 17.8 Å². The summed E-state index contributed by atoms with van der Waals surface area (Å²) < 4.78 is 0. The van der Waals surface area contributed by atoms with Gasteiger partial charge in [-0.2, -0.15) is 0 Å². The van der Waals surface area contributed by atoms with Crippen LogP contribution in [0.5, 0.6) is 0 Å². The van der Waals surface area contributed by atoms with E-state index >= 15 is 0 Å². The van der Waals surface area contributed by atoms with E-state index in [2.05, 4.69) is 72.6 Å². The molecule has 0 spiro atoms. The van der Waals surface area contributed by atoms with Crippen LogP contribution in [0, 0.1) is 17.8 Å². The molecule has 0 amide bonds. The van der Waals surface area contributed by atoms with E-state index in [9.17, 15) is 0 Å². The fraction of sp³-hybridized carbons (Fsp3) is 0.524. The zero-order chi connectivity index (χ0) is 16.4. The molecule has 2 unspecified atom stereocenters. The van der Waals surface area contributed by atoms with Gasteiger partial charge < -0.3 is 0 Å². The van der Waals surface area contributed by atoms with Gasteiger partial charge in [-0.25, -0.2) is 0 Å². The summed E-state index contributed by atoms with van der Waals surface area (Å²) >= 11 is 0. The predicted molar refractivity (Wildman–Crippen MR) is 98.4 cm³/mol. The van der Waals surface area contributed by atoms with Crippen molar-refractivity contribution < 1.29 is 0 Å². The molecule has 0 heteroatoms. The fourth-order valence-electron chi connectivity index (χ4n) is 2.86. The number of rotatable bonds is 10. The van der Waals surface area contributed by atoms with Gasteiger partial charge in [-0.3, -0.25) is 0 Å². The Morgan fingerprint density at radius 1 is 1.10 bits per heavy atom. The molecule has 3 atom stereocenters. The highest BCUT2D eigenvalue weighted by Crippen LogP contribution is 2.33. The molecule has 0 aromatic carbocycles. The zero-order valence-electron chi connectivity index (χ0n) is 14.8. The predicted octanol–water partition coefficient (Wildman–Crippen LogP) is 6.89. The molecule has 0 aliphatic heterocycles. The van der Waals surface area contributed by atoms with E-state index < -0.39 is 0 Å². The molecule has 0 heterocycles. The molecule has 0 radical (unpaired) electrons. The van der Waals surface area contributed by atoms with Gasteiger partial charge in [-0.05, 0) is 49.5 Å². The van der Waals surface area contributed by atoms with Crippen LogP contribution in [0.1, 0.15) is 53.9 Å². The van der Waals surface area contributed by atoms with Gasteiger partial charge in [0.1, 0.15) is 0 Å². The third-order valence-corrected chi connectivity index (χ3v) is 4.59. The van der Waals surface area contributed by atoms with Crippen molar-refractivity contribution in [2.24, 2.45) is 17.8 Å². The molecule has 21 heavy (non-hydrogen) atoms. The van der Waals surface area contributed by atoms with Gasteiger partial charge in [-0.15, -0.1) is 6.58 Å². The molecule has 0 bridgehead atoms. The molecule has 0 aliphatic carbocycles. The maximum Gasteiger partial charge on any atom is -0.0110 e. The van der Waals surface area contributed by atoms with Gasteiger partial charge in [0.05, 0.1) is 0 Å². The molecule has 0 aromatic heterocycles. The minimum absolute atomic E-state index is 0.456. The normalized spacial score (nSPS) is 17.0. The highest BCUT2D eigenvalue weighted by atomic mass is 14.3. The van der Waals surface area contributed by atoms with Crippen LogP contribution in [0.15, 0.2) is 60.8 Å². The van der Waals surface area contributed by atoms with Crippen molar-refractivity contribution in [2.45, 2.75) is 53.9 Å². The van der Waals surface area contributed by atoms with Crippen molar-refractivity contribution >= 4 is 0 Å². The average molecular weight is 287 g/mol. The first-order valence-electron chi connectivity index (χ1n) is 8.27. The highest BCUT2D eigenvalue weighted by molar-refractivity contribution is 5.29. The summed E-state index contributed by atoms with van der Waals surface area (Å²) in [5, 5.41) is 0. The lowest BCUT2D eigenvalue weighted by Gasteiger charge is -2.28. The van der Waals surface area contributed by atoms with E-state index in [4.69, 9.17) is 0 Å². The molecular formula is C21H34. The minimum Gasteiger partial charge on any atom is -0.103 e. The smallest absolute Gasteiger partial charge is 0.0110 e. The maximum atomic E-state index is 4.21. The van der Waals surface area contributed by atoms with Crippen LogP contribution in [0.4, 0.5) is 0 Å². The molecule has 0 aliphatic rings. The van der Waals surface area contributed by atoms with E-state index in [0.717, 1.165) is 19.3 Å². The first-order chi connectivity index (χ1) is 9.96. The summed E-state index contributed by atoms with van der Waals surface area (Å²) in [5.41, 5.74) is 4.05. The van der Waals surface area contributed by atoms with Gasteiger partial charge in [0.25, 0.3) is 0 Å². The maximum absolute atomic E-state index is 4.21. The molecule has 0 aromatic rings. The number of allylic oxidation sites excluding steroid dienone is 7.